The van der Waals surface area contributed by atoms with Crippen molar-refractivity contribution in [3.8, 4) is 62.9 Å². The SMILES string of the molecule is N=C(N=C(O)c1cc(-c2nc(-c3cccc(O)c3)no2)cc(-c2nc(-c3cccc(O)c3)no2)c1)c1cccc(O)c1. The van der Waals surface area contributed by atoms with E-state index < -0.39 is 5.90 Å². The van der Waals surface area contributed by atoms with Gasteiger partial charge in [0.05, 0.1) is 0 Å². The minimum atomic E-state index is -0.508. The fourth-order valence-electron chi connectivity index (χ4n) is 4.10. The monoisotopic (exact) mass is 560 g/mol. The largest absolute Gasteiger partial charge is 0.508 e. The van der Waals surface area contributed by atoms with E-state index >= 15 is 0 Å². The molecule has 0 spiro atoms. The van der Waals surface area contributed by atoms with Gasteiger partial charge in [-0.05, 0) is 54.6 Å². The molecule has 0 bridgehead atoms. The lowest BCUT2D eigenvalue weighted by atomic mass is 10.0. The summed E-state index contributed by atoms with van der Waals surface area (Å²) in [6.07, 6.45) is 0. The topological polar surface area (TPSA) is 195 Å². The first-order valence-corrected chi connectivity index (χ1v) is 12.4. The van der Waals surface area contributed by atoms with Crippen molar-refractivity contribution in [3.63, 3.8) is 0 Å². The third-order valence-corrected chi connectivity index (χ3v) is 6.08. The van der Waals surface area contributed by atoms with Crippen molar-refractivity contribution in [1.29, 1.82) is 5.41 Å². The molecule has 0 amide bonds. The Hall–Kier alpha value is -6.30. The summed E-state index contributed by atoms with van der Waals surface area (Å²) in [6, 6.07) is 23.4. The number of hydrogen-bond donors (Lipinski definition) is 5. The zero-order chi connectivity index (χ0) is 29.2. The van der Waals surface area contributed by atoms with Gasteiger partial charge in [0.15, 0.2) is 5.84 Å². The molecule has 5 N–H and O–H groups in total. The van der Waals surface area contributed by atoms with E-state index in [-0.39, 0.29) is 52.1 Å². The summed E-state index contributed by atoms with van der Waals surface area (Å²) in [4.78, 5) is 12.9. The van der Waals surface area contributed by atoms with E-state index in [0.717, 1.165) is 0 Å². The smallest absolute Gasteiger partial charge is 0.258 e. The second kappa shape index (κ2) is 10.7. The molecule has 12 nitrogen and oxygen atoms in total. The second-order valence-electron chi connectivity index (χ2n) is 9.08. The third kappa shape index (κ3) is 5.40. The molecule has 6 rings (SSSR count). The normalized spacial score (nSPS) is 11.5. The number of aromatic hydroxyl groups is 3. The molecule has 2 aromatic heterocycles. The summed E-state index contributed by atoms with van der Waals surface area (Å²) < 4.78 is 11.0. The number of benzene rings is 4. The Bertz CT molecular complexity index is 1880. The summed E-state index contributed by atoms with van der Waals surface area (Å²) >= 11 is 0. The van der Waals surface area contributed by atoms with Gasteiger partial charge in [0, 0.05) is 33.4 Å². The van der Waals surface area contributed by atoms with Gasteiger partial charge in [0.1, 0.15) is 17.2 Å². The van der Waals surface area contributed by atoms with E-state index in [1.54, 1.807) is 42.5 Å². The minimum absolute atomic E-state index is 0.0392. The Labute approximate surface area is 237 Å². The molecule has 0 saturated carbocycles. The number of aliphatic imine (C=N–C) groups is 1. The van der Waals surface area contributed by atoms with Crippen LogP contribution >= 0.6 is 0 Å². The van der Waals surface area contributed by atoms with Gasteiger partial charge in [-0.3, -0.25) is 5.41 Å². The van der Waals surface area contributed by atoms with Gasteiger partial charge in [-0.1, -0.05) is 46.7 Å². The molecule has 0 fully saturated rings. The summed E-state index contributed by atoms with van der Waals surface area (Å²) in [7, 11) is 0. The molecule has 0 atom stereocenters. The number of aliphatic hydroxyl groups is 1. The number of nitrogens with zero attached hydrogens (tertiary/aromatic N) is 5. The van der Waals surface area contributed by atoms with Gasteiger partial charge in [0.2, 0.25) is 17.5 Å². The van der Waals surface area contributed by atoms with Crippen molar-refractivity contribution in [2.75, 3.05) is 0 Å². The van der Waals surface area contributed by atoms with Crippen LogP contribution in [0.15, 0.2) is 105 Å². The fraction of sp³-hybridized carbons (Fsp3) is 0. The Morgan fingerprint density at radius 3 is 1.60 bits per heavy atom. The Morgan fingerprint density at radius 2 is 1.10 bits per heavy atom. The molecular formula is C30H20N6O6. The van der Waals surface area contributed by atoms with Crippen LogP contribution in [0.3, 0.4) is 0 Å². The second-order valence-corrected chi connectivity index (χ2v) is 9.08. The lowest BCUT2D eigenvalue weighted by Crippen LogP contribution is -2.05. The molecule has 6 aromatic rings. The first kappa shape index (κ1) is 26.0. The van der Waals surface area contributed by atoms with Crippen molar-refractivity contribution in [3.05, 3.63) is 102 Å². The standard InChI is InChI=1S/C30H20N6O6/c31-25(16-4-1-7-22(37)13-16)32-28(40)19-10-20(29-33-26(35-41-29)17-5-2-8-23(38)14-17)12-21(11-19)30-34-27(36-42-30)18-6-3-9-24(39)15-18/h1-15,37-39H,(H2,31,32,40). The maximum atomic E-state index is 10.9. The Morgan fingerprint density at radius 1 is 0.595 bits per heavy atom. The molecule has 206 valence electrons. The van der Waals surface area contributed by atoms with Crippen LogP contribution in [0.25, 0.3) is 45.7 Å². The molecular weight excluding hydrogens is 540 g/mol. The quantitative estimate of drug-likeness (QED) is 0.127. The average molecular weight is 561 g/mol. The molecule has 4 aromatic carbocycles. The van der Waals surface area contributed by atoms with Crippen molar-refractivity contribution in [2.45, 2.75) is 0 Å². The highest BCUT2D eigenvalue weighted by molar-refractivity contribution is 6.08. The predicted octanol–water partition coefficient (Wildman–Crippen LogP) is 5.57. The molecule has 0 aliphatic carbocycles. The molecule has 0 aliphatic rings. The highest BCUT2D eigenvalue weighted by atomic mass is 16.5. The van der Waals surface area contributed by atoms with Crippen molar-refractivity contribution >= 4 is 11.7 Å². The number of phenols is 3. The van der Waals surface area contributed by atoms with E-state index in [9.17, 15) is 20.4 Å². The van der Waals surface area contributed by atoms with E-state index in [1.807, 2.05) is 0 Å². The van der Waals surface area contributed by atoms with E-state index in [0.29, 0.717) is 27.8 Å². The van der Waals surface area contributed by atoms with Gasteiger partial charge < -0.3 is 29.5 Å². The maximum Gasteiger partial charge on any atom is 0.258 e. The molecule has 0 aliphatic heterocycles. The van der Waals surface area contributed by atoms with Crippen LogP contribution < -0.4 is 0 Å². The van der Waals surface area contributed by atoms with Gasteiger partial charge in [-0.25, -0.2) is 0 Å². The van der Waals surface area contributed by atoms with E-state index in [1.165, 1.54) is 48.5 Å². The zero-order valence-electron chi connectivity index (χ0n) is 21.5. The van der Waals surface area contributed by atoms with Crippen molar-refractivity contribution in [2.24, 2.45) is 4.99 Å². The number of aromatic nitrogens is 4. The summed E-state index contributed by atoms with van der Waals surface area (Å²) in [6.45, 7) is 0. The molecule has 0 unspecified atom stereocenters. The number of hydrogen-bond acceptors (Lipinski definition) is 10. The summed E-state index contributed by atoms with van der Waals surface area (Å²) in [5, 5.41) is 56.7. The minimum Gasteiger partial charge on any atom is -0.508 e. The van der Waals surface area contributed by atoms with Crippen LogP contribution in [0.1, 0.15) is 11.1 Å². The molecule has 42 heavy (non-hydrogen) atoms. The van der Waals surface area contributed by atoms with Gasteiger partial charge in [-0.2, -0.15) is 15.0 Å². The summed E-state index contributed by atoms with van der Waals surface area (Å²) in [5.41, 5.74) is 2.24. The van der Waals surface area contributed by atoms with Gasteiger partial charge in [-0.15, -0.1) is 0 Å². The number of nitrogens with one attached hydrogen (secondary N) is 1. The Kier molecular flexibility index (Phi) is 6.61. The van der Waals surface area contributed by atoms with Crippen LogP contribution in [0.2, 0.25) is 0 Å². The lowest BCUT2D eigenvalue weighted by Gasteiger charge is -2.06. The van der Waals surface area contributed by atoms with Gasteiger partial charge in [0.25, 0.3) is 11.8 Å². The van der Waals surface area contributed by atoms with Crippen molar-refractivity contribution in [1.82, 2.24) is 20.3 Å². The average Bonchev–Trinajstić information content (AvgIpc) is 3.68. The number of aliphatic hydroxyl groups excluding tert-OH is 1. The zero-order valence-corrected chi connectivity index (χ0v) is 21.5. The highest BCUT2D eigenvalue weighted by Crippen LogP contribution is 2.31. The number of amidine groups is 1. The van der Waals surface area contributed by atoms with Crippen LogP contribution in [-0.4, -0.2) is 52.4 Å². The summed E-state index contributed by atoms with van der Waals surface area (Å²) in [5.74, 6) is -0.153. The lowest BCUT2D eigenvalue weighted by molar-refractivity contribution is 0.430. The van der Waals surface area contributed by atoms with Crippen molar-refractivity contribution < 1.29 is 29.5 Å². The van der Waals surface area contributed by atoms with Crippen LogP contribution in [0.4, 0.5) is 0 Å². The number of phenolic OH excluding ortho intramolecular Hbond substituents is 3. The van der Waals surface area contributed by atoms with Gasteiger partial charge >= 0.3 is 0 Å². The number of rotatable bonds is 6. The molecule has 2 heterocycles. The predicted molar refractivity (Wildman–Crippen MR) is 151 cm³/mol. The highest BCUT2D eigenvalue weighted by Gasteiger charge is 2.19. The van der Waals surface area contributed by atoms with Crippen LogP contribution in [-0.2, 0) is 0 Å². The van der Waals surface area contributed by atoms with E-state index in [4.69, 9.17) is 14.5 Å². The molecule has 0 saturated heterocycles. The van der Waals surface area contributed by atoms with Crippen LogP contribution in [0.5, 0.6) is 17.2 Å². The molecule has 0 radical (unpaired) electrons. The Balaban J connectivity index is 1.43. The van der Waals surface area contributed by atoms with Crippen LogP contribution in [0, 0.1) is 5.41 Å². The molecule has 12 heteroatoms. The van der Waals surface area contributed by atoms with E-state index in [2.05, 4.69) is 25.3 Å². The first-order valence-electron chi connectivity index (χ1n) is 12.4. The third-order valence-electron chi connectivity index (χ3n) is 6.08. The first-order chi connectivity index (χ1) is 20.3. The maximum absolute atomic E-state index is 10.9. The fourth-order valence-corrected chi connectivity index (χ4v) is 4.10.